The van der Waals surface area contributed by atoms with Crippen LogP contribution < -0.4 is 0 Å². The largest absolute Gasteiger partial charge is 0.498 e. The van der Waals surface area contributed by atoms with Gasteiger partial charge < -0.3 is 19.3 Å². The molecule has 4 heteroatoms. The maximum absolute atomic E-state index is 8.99. The first kappa shape index (κ1) is 12.6. The highest BCUT2D eigenvalue weighted by molar-refractivity contribution is 4.75. The summed E-state index contributed by atoms with van der Waals surface area (Å²) < 4.78 is 15.1. The Kier molecular flexibility index (Phi) is 7.36. The average molecular weight is 200 g/mol. The first-order chi connectivity index (χ1) is 6.79. The highest BCUT2D eigenvalue weighted by Crippen LogP contribution is 2.06. The molecule has 0 saturated carbocycles. The number of aliphatic hydroxyl groups is 1. The van der Waals surface area contributed by atoms with E-state index in [1.807, 2.05) is 0 Å². The van der Waals surface area contributed by atoms with Crippen LogP contribution in [0.1, 0.15) is 0 Å². The van der Waals surface area contributed by atoms with Crippen molar-refractivity contribution in [2.24, 2.45) is 0 Å². The summed E-state index contributed by atoms with van der Waals surface area (Å²) in [6.45, 7) is 10.3. The molecule has 0 rings (SSSR count). The Labute approximate surface area is 84.1 Å². The molecule has 0 spiro atoms. The Morgan fingerprint density at radius 1 is 1.00 bits per heavy atom. The Balaban J connectivity index is 4.16. The third kappa shape index (κ3) is 4.57. The average Bonchev–Trinajstić information content (AvgIpc) is 2.21. The maximum atomic E-state index is 8.99. The van der Waals surface area contributed by atoms with Crippen molar-refractivity contribution in [1.29, 1.82) is 0 Å². The summed E-state index contributed by atoms with van der Waals surface area (Å²) in [5.74, 6) is 0. The molecule has 0 aromatic heterocycles. The van der Waals surface area contributed by atoms with Crippen LogP contribution in [0.15, 0.2) is 38.5 Å². The minimum atomic E-state index is -0.523. The lowest BCUT2D eigenvalue weighted by molar-refractivity contribution is -0.0539. The summed E-state index contributed by atoms with van der Waals surface area (Å²) in [5, 5.41) is 8.99. The predicted molar refractivity (Wildman–Crippen MR) is 53.4 cm³/mol. The van der Waals surface area contributed by atoms with Crippen molar-refractivity contribution < 1.29 is 19.3 Å². The van der Waals surface area contributed by atoms with Crippen LogP contribution >= 0.6 is 0 Å². The SMILES string of the molecule is C=COC[C@@H](OC=C)[C@H](CO)OC=C. The molecule has 1 N–H and O–H groups in total. The van der Waals surface area contributed by atoms with Crippen molar-refractivity contribution >= 4 is 0 Å². The molecule has 0 aromatic carbocycles. The molecule has 0 aliphatic rings. The van der Waals surface area contributed by atoms with Gasteiger partial charge in [0.1, 0.15) is 6.61 Å². The summed E-state index contributed by atoms with van der Waals surface area (Å²) in [5.41, 5.74) is 0. The van der Waals surface area contributed by atoms with Gasteiger partial charge in [0.25, 0.3) is 0 Å². The number of hydrogen-bond donors (Lipinski definition) is 1. The Hall–Kier alpha value is -1.42. The normalized spacial score (nSPS) is 13.5. The second-order valence-corrected chi connectivity index (χ2v) is 2.36. The van der Waals surface area contributed by atoms with Gasteiger partial charge in [-0.1, -0.05) is 19.7 Å². The number of hydrogen-bond acceptors (Lipinski definition) is 4. The van der Waals surface area contributed by atoms with Crippen LogP contribution in [0.3, 0.4) is 0 Å². The van der Waals surface area contributed by atoms with Crippen molar-refractivity contribution in [3.63, 3.8) is 0 Å². The molecule has 0 aliphatic carbocycles. The van der Waals surface area contributed by atoms with Gasteiger partial charge in [-0.15, -0.1) is 0 Å². The minimum absolute atomic E-state index is 0.189. The van der Waals surface area contributed by atoms with E-state index in [0.717, 1.165) is 0 Å². The Morgan fingerprint density at radius 2 is 1.57 bits per heavy atom. The van der Waals surface area contributed by atoms with Crippen LogP contribution in [0.4, 0.5) is 0 Å². The van der Waals surface area contributed by atoms with Crippen molar-refractivity contribution in [3.05, 3.63) is 38.5 Å². The minimum Gasteiger partial charge on any atom is -0.498 e. The quantitative estimate of drug-likeness (QED) is 0.568. The summed E-state index contributed by atoms with van der Waals surface area (Å²) in [7, 11) is 0. The zero-order valence-corrected chi connectivity index (χ0v) is 8.09. The lowest BCUT2D eigenvalue weighted by atomic mass is 10.2. The summed E-state index contributed by atoms with van der Waals surface area (Å²) in [6, 6.07) is 0. The fraction of sp³-hybridized carbons (Fsp3) is 0.400. The van der Waals surface area contributed by atoms with Crippen molar-refractivity contribution in [2.45, 2.75) is 12.2 Å². The van der Waals surface area contributed by atoms with E-state index in [9.17, 15) is 0 Å². The van der Waals surface area contributed by atoms with E-state index in [1.54, 1.807) is 0 Å². The van der Waals surface area contributed by atoms with Gasteiger partial charge in [0.2, 0.25) is 0 Å². The zero-order valence-electron chi connectivity index (χ0n) is 8.09. The van der Waals surface area contributed by atoms with Gasteiger partial charge in [-0.3, -0.25) is 0 Å². The molecule has 80 valence electrons. The topological polar surface area (TPSA) is 47.9 Å². The molecule has 0 amide bonds. The molecule has 2 atom stereocenters. The summed E-state index contributed by atoms with van der Waals surface area (Å²) >= 11 is 0. The lowest BCUT2D eigenvalue weighted by Crippen LogP contribution is -2.35. The third-order valence-corrected chi connectivity index (χ3v) is 1.51. The molecule has 14 heavy (non-hydrogen) atoms. The van der Waals surface area contributed by atoms with Crippen LogP contribution in [-0.4, -0.2) is 30.5 Å². The van der Waals surface area contributed by atoms with Gasteiger partial charge in [-0.2, -0.15) is 0 Å². The zero-order chi connectivity index (χ0) is 10.8. The molecular formula is C10H16O4. The van der Waals surface area contributed by atoms with Crippen molar-refractivity contribution in [3.8, 4) is 0 Å². The van der Waals surface area contributed by atoms with E-state index >= 15 is 0 Å². The molecule has 0 unspecified atom stereocenters. The monoisotopic (exact) mass is 200 g/mol. The summed E-state index contributed by atoms with van der Waals surface area (Å²) in [6.07, 6.45) is 2.85. The number of ether oxygens (including phenoxy) is 3. The molecule has 0 aliphatic heterocycles. The van der Waals surface area contributed by atoms with Crippen LogP contribution in [0.5, 0.6) is 0 Å². The van der Waals surface area contributed by atoms with Crippen LogP contribution in [0.2, 0.25) is 0 Å². The molecule has 0 heterocycles. The smallest absolute Gasteiger partial charge is 0.170 e. The van der Waals surface area contributed by atoms with Gasteiger partial charge in [-0.05, 0) is 0 Å². The highest BCUT2D eigenvalue weighted by Gasteiger charge is 2.22. The van der Waals surface area contributed by atoms with E-state index in [1.165, 1.54) is 18.8 Å². The van der Waals surface area contributed by atoms with Gasteiger partial charge in [-0.25, -0.2) is 0 Å². The molecule has 0 bridgehead atoms. The van der Waals surface area contributed by atoms with E-state index in [4.69, 9.17) is 19.3 Å². The van der Waals surface area contributed by atoms with Gasteiger partial charge in [0.15, 0.2) is 12.2 Å². The molecule has 0 radical (unpaired) electrons. The molecule has 0 saturated heterocycles. The third-order valence-electron chi connectivity index (χ3n) is 1.51. The molecule has 0 fully saturated rings. The highest BCUT2D eigenvalue weighted by atomic mass is 16.6. The van der Waals surface area contributed by atoms with Crippen LogP contribution in [0, 0.1) is 0 Å². The molecule has 0 aromatic rings. The fourth-order valence-electron chi connectivity index (χ4n) is 0.893. The number of rotatable bonds is 9. The van der Waals surface area contributed by atoms with Crippen molar-refractivity contribution in [1.82, 2.24) is 0 Å². The number of aliphatic hydroxyl groups excluding tert-OH is 1. The van der Waals surface area contributed by atoms with Gasteiger partial charge in [0.05, 0.1) is 25.4 Å². The van der Waals surface area contributed by atoms with Crippen LogP contribution in [-0.2, 0) is 14.2 Å². The standard InChI is InChI=1S/C10H16O4/c1-4-12-8-10(14-6-3)9(7-11)13-5-2/h4-6,9-11H,1-3,7-8H2/t9-,10+/m0/s1. The first-order valence-electron chi connectivity index (χ1n) is 4.16. The predicted octanol–water partition coefficient (Wildman–Crippen LogP) is 1.20. The van der Waals surface area contributed by atoms with Crippen molar-refractivity contribution in [2.75, 3.05) is 13.2 Å². The Morgan fingerprint density at radius 3 is 2.00 bits per heavy atom. The van der Waals surface area contributed by atoms with E-state index in [-0.39, 0.29) is 13.2 Å². The maximum Gasteiger partial charge on any atom is 0.170 e. The summed E-state index contributed by atoms with van der Waals surface area (Å²) in [4.78, 5) is 0. The molecule has 4 nitrogen and oxygen atoms in total. The molecular weight excluding hydrogens is 184 g/mol. The second kappa shape index (κ2) is 8.19. The van der Waals surface area contributed by atoms with E-state index in [2.05, 4.69) is 19.7 Å². The fourth-order valence-corrected chi connectivity index (χ4v) is 0.893. The lowest BCUT2D eigenvalue weighted by Gasteiger charge is -2.23. The van der Waals surface area contributed by atoms with E-state index in [0.29, 0.717) is 0 Å². The second-order valence-electron chi connectivity index (χ2n) is 2.36. The van der Waals surface area contributed by atoms with Gasteiger partial charge >= 0.3 is 0 Å². The van der Waals surface area contributed by atoms with E-state index < -0.39 is 12.2 Å². The van der Waals surface area contributed by atoms with Gasteiger partial charge in [0, 0.05) is 0 Å². The van der Waals surface area contributed by atoms with Crippen LogP contribution in [0.25, 0.3) is 0 Å². The first-order valence-corrected chi connectivity index (χ1v) is 4.16. The Bertz CT molecular complexity index is 179.